The second-order valence-corrected chi connectivity index (χ2v) is 7.03. The molecule has 136 valence electrons. The van der Waals surface area contributed by atoms with Crippen LogP contribution in [0.3, 0.4) is 0 Å². The molecule has 0 bridgehead atoms. The molecule has 1 saturated heterocycles. The lowest BCUT2D eigenvalue weighted by atomic mass is 10.3. The molecule has 0 radical (unpaired) electrons. The molecular formula is C16H23N5O3S. The molecule has 3 heterocycles. The number of piperazine rings is 1. The van der Waals surface area contributed by atoms with Gasteiger partial charge in [-0.25, -0.2) is 4.98 Å². The normalized spacial score (nSPS) is 16.2. The van der Waals surface area contributed by atoms with Crippen molar-refractivity contribution in [3.8, 4) is 0 Å². The number of nitrogens with one attached hydrogen (secondary N) is 1. The molecule has 0 spiro atoms. The molecule has 0 aliphatic carbocycles. The molecule has 1 amide bonds. The Morgan fingerprint density at radius 1 is 1.36 bits per heavy atom. The Bertz CT molecular complexity index is 694. The summed E-state index contributed by atoms with van der Waals surface area (Å²) in [4.78, 5) is 21.1. The number of hydrogen-bond acceptors (Lipinski definition) is 8. The summed E-state index contributed by atoms with van der Waals surface area (Å²) in [6, 6.07) is 1.71. The van der Waals surface area contributed by atoms with E-state index in [2.05, 4.69) is 30.6 Å². The van der Waals surface area contributed by atoms with Gasteiger partial charge in [0.15, 0.2) is 5.82 Å². The van der Waals surface area contributed by atoms with Crippen molar-refractivity contribution in [1.82, 2.24) is 19.9 Å². The number of aryl methyl sites for hydroxylation is 1. The van der Waals surface area contributed by atoms with Gasteiger partial charge in [0.1, 0.15) is 10.8 Å². The number of rotatable bonds is 7. The number of amides is 1. The molecule has 2 aromatic heterocycles. The van der Waals surface area contributed by atoms with Gasteiger partial charge in [0.05, 0.1) is 18.8 Å². The predicted molar refractivity (Wildman–Crippen MR) is 94.4 cm³/mol. The zero-order chi connectivity index (χ0) is 17.6. The SMILES string of the molecule is COCc1nc(CN2CCN(CC(=O)Nc3cc(C)on3)CC2)cs1. The van der Waals surface area contributed by atoms with Crippen molar-refractivity contribution in [3.05, 3.63) is 27.9 Å². The Hall–Kier alpha value is -1.81. The monoisotopic (exact) mass is 365 g/mol. The molecule has 1 aliphatic rings. The molecule has 1 N–H and O–H groups in total. The van der Waals surface area contributed by atoms with Crippen molar-refractivity contribution in [2.45, 2.75) is 20.1 Å². The predicted octanol–water partition coefficient (Wildman–Crippen LogP) is 1.34. The Balaban J connectivity index is 1.39. The van der Waals surface area contributed by atoms with Crippen LogP contribution in [-0.2, 0) is 22.7 Å². The Morgan fingerprint density at radius 3 is 2.80 bits per heavy atom. The molecule has 0 unspecified atom stereocenters. The maximum atomic E-state index is 12.1. The molecule has 0 saturated carbocycles. The van der Waals surface area contributed by atoms with E-state index in [0.29, 0.717) is 24.7 Å². The summed E-state index contributed by atoms with van der Waals surface area (Å²) < 4.78 is 10.1. The average Bonchev–Trinajstić information content (AvgIpc) is 3.19. The number of anilines is 1. The van der Waals surface area contributed by atoms with Crippen molar-refractivity contribution in [2.75, 3.05) is 45.2 Å². The summed E-state index contributed by atoms with van der Waals surface area (Å²) in [7, 11) is 1.68. The highest BCUT2D eigenvalue weighted by Crippen LogP contribution is 2.14. The number of methoxy groups -OCH3 is 1. The van der Waals surface area contributed by atoms with Gasteiger partial charge < -0.3 is 14.6 Å². The van der Waals surface area contributed by atoms with E-state index in [1.54, 1.807) is 31.4 Å². The molecule has 3 rings (SSSR count). The van der Waals surface area contributed by atoms with Crippen LogP contribution in [0.1, 0.15) is 16.5 Å². The Labute approximate surface area is 150 Å². The van der Waals surface area contributed by atoms with Gasteiger partial charge in [0.2, 0.25) is 5.91 Å². The van der Waals surface area contributed by atoms with Crippen molar-refractivity contribution < 1.29 is 14.1 Å². The van der Waals surface area contributed by atoms with Crippen LogP contribution in [0, 0.1) is 6.92 Å². The largest absolute Gasteiger partial charge is 0.378 e. The van der Waals surface area contributed by atoms with Crippen molar-refractivity contribution in [3.63, 3.8) is 0 Å². The number of nitrogens with zero attached hydrogens (tertiary/aromatic N) is 4. The molecule has 1 aliphatic heterocycles. The van der Waals surface area contributed by atoms with Gasteiger partial charge in [-0.15, -0.1) is 11.3 Å². The molecule has 2 aromatic rings. The summed E-state index contributed by atoms with van der Waals surface area (Å²) >= 11 is 1.63. The van der Waals surface area contributed by atoms with Gasteiger partial charge in [-0.1, -0.05) is 5.16 Å². The van der Waals surface area contributed by atoms with Crippen LogP contribution in [0.15, 0.2) is 16.0 Å². The lowest BCUT2D eigenvalue weighted by molar-refractivity contribution is -0.117. The minimum absolute atomic E-state index is 0.0644. The van der Waals surface area contributed by atoms with Gasteiger partial charge in [0, 0.05) is 51.3 Å². The lowest BCUT2D eigenvalue weighted by Gasteiger charge is -2.33. The third-order valence-corrected chi connectivity index (χ3v) is 4.85. The lowest BCUT2D eigenvalue weighted by Crippen LogP contribution is -2.48. The standard InChI is InChI=1S/C16H23N5O3S/c1-12-7-14(19-24-12)18-15(22)9-21-5-3-20(4-6-21)8-13-11-25-16(17-13)10-23-2/h7,11H,3-6,8-10H2,1-2H3,(H,18,19,22). The van der Waals surface area contributed by atoms with Crippen LogP contribution in [0.5, 0.6) is 0 Å². The van der Waals surface area contributed by atoms with E-state index < -0.39 is 0 Å². The van der Waals surface area contributed by atoms with Gasteiger partial charge in [0.25, 0.3) is 0 Å². The Morgan fingerprint density at radius 2 is 2.12 bits per heavy atom. The summed E-state index contributed by atoms with van der Waals surface area (Å²) in [5.41, 5.74) is 1.09. The molecule has 25 heavy (non-hydrogen) atoms. The number of carbonyl (C=O) groups is 1. The molecule has 8 nitrogen and oxygen atoms in total. The highest BCUT2D eigenvalue weighted by atomic mass is 32.1. The summed E-state index contributed by atoms with van der Waals surface area (Å²) in [6.45, 7) is 7.15. The second kappa shape index (κ2) is 8.52. The first-order valence-electron chi connectivity index (χ1n) is 8.22. The molecule has 0 atom stereocenters. The minimum atomic E-state index is -0.0644. The number of thiazole rings is 1. The van der Waals surface area contributed by atoms with E-state index in [-0.39, 0.29) is 5.91 Å². The zero-order valence-corrected chi connectivity index (χ0v) is 15.3. The topological polar surface area (TPSA) is 83.7 Å². The number of ether oxygens (including phenoxy) is 1. The first-order valence-corrected chi connectivity index (χ1v) is 9.10. The van der Waals surface area contributed by atoms with E-state index >= 15 is 0 Å². The fourth-order valence-electron chi connectivity index (χ4n) is 2.76. The van der Waals surface area contributed by atoms with Crippen LogP contribution in [0.25, 0.3) is 0 Å². The van der Waals surface area contributed by atoms with Gasteiger partial charge >= 0.3 is 0 Å². The van der Waals surface area contributed by atoms with Crippen LogP contribution >= 0.6 is 11.3 Å². The zero-order valence-electron chi connectivity index (χ0n) is 14.5. The maximum Gasteiger partial charge on any atom is 0.239 e. The molecule has 1 fully saturated rings. The first-order chi connectivity index (χ1) is 12.1. The molecular weight excluding hydrogens is 342 g/mol. The Kier molecular flexibility index (Phi) is 6.14. The maximum absolute atomic E-state index is 12.1. The number of hydrogen-bond donors (Lipinski definition) is 1. The highest BCUT2D eigenvalue weighted by molar-refractivity contribution is 7.09. The van der Waals surface area contributed by atoms with Crippen LogP contribution in [0.2, 0.25) is 0 Å². The highest BCUT2D eigenvalue weighted by Gasteiger charge is 2.20. The van der Waals surface area contributed by atoms with E-state index in [1.807, 2.05) is 0 Å². The van der Waals surface area contributed by atoms with Crippen LogP contribution < -0.4 is 5.32 Å². The quantitative estimate of drug-likeness (QED) is 0.793. The summed E-state index contributed by atoms with van der Waals surface area (Å²) in [5, 5.41) is 9.63. The number of aromatic nitrogens is 2. The summed E-state index contributed by atoms with van der Waals surface area (Å²) in [5.74, 6) is 1.08. The molecule has 9 heteroatoms. The van der Waals surface area contributed by atoms with Crippen molar-refractivity contribution in [1.29, 1.82) is 0 Å². The van der Waals surface area contributed by atoms with Crippen LogP contribution in [-0.4, -0.2) is 65.7 Å². The smallest absolute Gasteiger partial charge is 0.239 e. The van der Waals surface area contributed by atoms with Gasteiger partial charge in [-0.3, -0.25) is 14.6 Å². The van der Waals surface area contributed by atoms with E-state index in [4.69, 9.17) is 9.26 Å². The summed E-state index contributed by atoms with van der Waals surface area (Å²) in [6.07, 6.45) is 0. The van der Waals surface area contributed by atoms with E-state index in [1.165, 1.54) is 0 Å². The van der Waals surface area contributed by atoms with E-state index in [0.717, 1.165) is 43.4 Å². The third kappa shape index (κ3) is 5.33. The number of carbonyl (C=O) groups excluding carboxylic acids is 1. The van der Waals surface area contributed by atoms with Crippen molar-refractivity contribution in [2.24, 2.45) is 0 Å². The fourth-order valence-corrected chi connectivity index (χ4v) is 3.51. The first kappa shape index (κ1) is 18.0. The average molecular weight is 365 g/mol. The fraction of sp³-hybridized carbons (Fsp3) is 0.562. The van der Waals surface area contributed by atoms with Crippen LogP contribution in [0.4, 0.5) is 5.82 Å². The third-order valence-electron chi connectivity index (χ3n) is 3.98. The van der Waals surface area contributed by atoms with E-state index in [9.17, 15) is 4.79 Å². The minimum Gasteiger partial charge on any atom is -0.378 e. The van der Waals surface area contributed by atoms with Crippen molar-refractivity contribution >= 4 is 23.1 Å². The van der Waals surface area contributed by atoms with Gasteiger partial charge in [-0.2, -0.15) is 0 Å². The molecule has 0 aromatic carbocycles. The van der Waals surface area contributed by atoms with Gasteiger partial charge in [-0.05, 0) is 6.92 Å². The second-order valence-electron chi connectivity index (χ2n) is 6.09.